The molecular formula is C13H16N4. The van der Waals surface area contributed by atoms with Crippen molar-refractivity contribution >= 4 is 11.6 Å². The van der Waals surface area contributed by atoms with Crippen LogP contribution in [0.1, 0.15) is 11.1 Å². The molecule has 0 radical (unpaired) electrons. The van der Waals surface area contributed by atoms with Crippen LogP contribution in [-0.2, 0) is 6.42 Å². The van der Waals surface area contributed by atoms with Gasteiger partial charge in [-0.2, -0.15) is 0 Å². The van der Waals surface area contributed by atoms with Gasteiger partial charge in [0.15, 0.2) is 0 Å². The zero-order valence-corrected chi connectivity index (χ0v) is 9.85. The van der Waals surface area contributed by atoms with E-state index in [1.54, 1.807) is 0 Å². The van der Waals surface area contributed by atoms with Crippen LogP contribution in [0, 0.1) is 6.92 Å². The van der Waals surface area contributed by atoms with Gasteiger partial charge in [0, 0.05) is 12.1 Å². The molecule has 4 heteroatoms. The lowest BCUT2D eigenvalue weighted by Crippen LogP contribution is -2.09. The first-order valence-electron chi connectivity index (χ1n) is 5.62. The van der Waals surface area contributed by atoms with Crippen molar-refractivity contribution in [2.75, 3.05) is 17.6 Å². The van der Waals surface area contributed by atoms with Crippen molar-refractivity contribution in [1.82, 2.24) is 9.97 Å². The van der Waals surface area contributed by atoms with E-state index in [0.29, 0.717) is 5.82 Å². The molecule has 2 rings (SSSR count). The maximum atomic E-state index is 5.71. The zero-order chi connectivity index (χ0) is 12.1. The van der Waals surface area contributed by atoms with Crippen LogP contribution >= 0.6 is 0 Å². The van der Waals surface area contributed by atoms with Crippen molar-refractivity contribution in [1.29, 1.82) is 0 Å². The van der Waals surface area contributed by atoms with Crippen LogP contribution in [0.2, 0.25) is 0 Å². The van der Waals surface area contributed by atoms with Crippen LogP contribution in [0.4, 0.5) is 11.6 Å². The third kappa shape index (κ3) is 2.93. The first kappa shape index (κ1) is 11.4. The molecule has 0 saturated heterocycles. The Morgan fingerprint density at radius 2 is 1.94 bits per heavy atom. The minimum atomic E-state index is 0.530. The molecule has 1 heterocycles. The lowest BCUT2D eigenvalue weighted by Gasteiger charge is -2.09. The average Bonchev–Trinajstić information content (AvgIpc) is 2.36. The number of nitrogens with one attached hydrogen (secondary N) is 1. The van der Waals surface area contributed by atoms with Crippen molar-refractivity contribution in [2.45, 2.75) is 13.3 Å². The van der Waals surface area contributed by atoms with Gasteiger partial charge in [0.2, 0.25) is 0 Å². The lowest BCUT2D eigenvalue weighted by molar-refractivity contribution is 0.993. The van der Waals surface area contributed by atoms with Crippen molar-refractivity contribution in [3.63, 3.8) is 0 Å². The molecule has 0 spiro atoms. The second-order valence-electron chi connectivity index (χ2n) is 3.89. The minimum absolute atomic E-state index is 0.530. The van der Waals surface area contributed by atoms with Crippen molar-refractivity contribution < 1.29 is 0 Å². The lowest BCUT2D eigenvalue weighted by atomic mass is 10.1. The molecule has 1 aromatic carbocycles. The number of hydrogen-bond acceptors (Lipinski definition) is 4. The van der Waals surface area contributed by atoms with Gasteiger partial charge in [0.1, 0.15) is 18.0 Å². The Balaban J connectivity index is 1.93. The first-order chi connectivity index (χ1) is 8.27. The van der Waals surface area contributed by atoms with Crippen molar-refractivity contribution in [3.8, 4) is 0 Å². The first-order valence-corrected chi connectivity index (χ1v) is 5.62. The number of nitrogens with two attached hydrogens (primary N) is 1. The number of benzene rings is 1. The number of hydrogen-bond donors (Lipinski definition) is 2. The van der Waals surface area contributed by atoms with Gasteiger partial charge in [-0.3, -0.25) is 0 Å². The highest BCUT2D eigenvalue weighted by Crippen LogP contribution is 2.14. The highest BCUT2D eigenvalue weighted by Gasteiger charge is 2.02. The highest BCUT2D eigenvalue weighted by atomic mass is 15.0. The van der Waals surface area contributed by atoms with Crippen LogP contribution in [-0.4, -0.2) is 16.5 Å². The third-order valence-electron chi connectivity index (χ3n) is 2.67. The summed E-state index contributed by atoms with van der Waals surface area (Å²) in [4.78, 5) is 8.10. The summed E-state index contributed by atoms with van der Waals surface area (Å²) in [5, 5.41) is 3.27. The summed E-state index contributed by atoms with van der Waals surface area (Å²) in [7, 11) is 0. The van der Waals surface area contributed by atoms with E-state index in [1.165, 1.54) is 11.9 Å². The number of nitrogen functional groups attached to an aromatic ring is 1. The number of nitrogens with zero attached hydrogens (tertiary/aromatic N) is 2. The number of anilines is 2. The van der Waals surface area contributed by atoms with E-state index < -0.39 is 0 Å². The Morgan fingerprint density at radius 3 is 2.71 bits per heavy atom. The van der Waals surface area contributed by atoms with Crippen LogP contribution in [0.3, 0.4) is 0 Å². The molecule has 1 aromatic heterocycles. The number of aromatic nitrogens is 2. The fourth-order valence-electron chi connectivity index (χ4n) is 1.61. The summed E-state index contributed by atoms with van der Waals surface area (Å²) in [5.74, 6) is 1.34. The van der Waals surface area contributed by atoms with Gasteiger partial charge in [-0.1, -0.05) is 30.3 Å². The van der Waals surface area contributed by atoms with Crippen LogP contribution in [0.25, 0.3) is 0 Å². The summed E-state index contributed by atoms with van der Waals surface area (Å²) in [5.41, 5.74) is 7.92. The second-order valence-corrected chi connectivity index (χ2v) is 3.89. The summed E-state index contributed by atoms with van der Waals surface area (Å²) in [6.45, 7) is 2.75. The van der Waals surface area contributed by atoms with Gasteiger partial charge in [0.05, 0.1) is 0 Å². The predicted molar refractivity (Wildman–Crippen MR) is 69.8 cm³/mol. The van der Waals surface area contributed by atoms with Gasteiger partial charge >= 0.3 is 0 Å². The fourth-order valence-corrected chi connectivity index (χ4v) is 1.61. The zero-order valence-electron chi connectivity index (χ0n) is 9.85. The fraction of sp³-hybridized carbons (Fsp3) is 0.231. The van der Waals surface area contributed by atoms with E-state index in [-0.39, 0.29) is 0 Å². The molecule has 3 N–H and O–H groups in total. The number of rotatable bonds is 4. The molecule has 0 atom stereocenters. The molecule has 0 amide bonds. The van der Waals surface area contributed by atoms with E-state index in [0.717, 1.165) is 24.3 Å². The largest absolute Gasteiger partial charge is 0.383 e. The molecule has 88 valence electrons. The topological polar surface area (TPSA) is 63.8 Å². The van der Waals surface area contributed by atoms with E-state index in [4.69, 9.17) is 5.73 Å². The van der Waals surface area contributed by atoms with E-state index in [2.05, 4.69) is 27.4 Å². The molecule has 0 fully saturated rings. The summed E-state index contributed by atoms with van der Waals surface area (Å²) in [6, 6.07) is 10.3. The van der Waals surface area contributed by atoms with Crippen LogP contribution in [0.15, 0.2) is 36.7 Å². The van der Waals surface area contributed by atoms with Crippen LogP contribution < -0.4 is 11.1 Å². The third-order valence-corrected chi connectivity index (χ3v) is 2.67. The minimum Gasteiger partial charge on any atom is -0.383 e. The summed E-state index contributed by atoms with van der Waals surface area (Å²) in [6.07, 6.45) is 2.44. The molecule has 0 aliphatic rings. The van der Waals surface area contributed by atoms with Crippen molar-refractivity contribution in [3.05, 3.63) is 47.8 Å². The van der Waals surface area contributed by atoms with Gasteiger partial charge in [-0.25, -0.2) is 9.97 Å². The molecule has 0 aliphatic heterocycles. The van der Waals surface area contributed by atoms with E-state index in [1.807, 2.05) is 25.1 Å². The van der Waals surface area contributed by atoms with E-state index >= 15 is 0 Å². The summed E-state index contributed by atoms with van der Waals surface area (Å²) < 4.78 is 0. The smallest absolute Gasteiger partial charge is 0.134 e. The van der Waals surface area contributed by atoms with Gasteiger partial charge in [-0.05, 0) is 18.9 Å². The molecule has 2 aromatic rings. The normalized spacial score (nSPS) is 10.2. The maximum Gasteiger partial charge on any atom is 0.134 e. The molecule has 17 heavy (non-hydrogen) atoms. The molecule has 0 unspecified atom stereocenters. The molecule has 0 saturated carbocycles. The Morgan fingerprint density at radius 1 is 1.18 bits per heavy atom. The Labute approximate surface area is 101 Å². The molecule has 0 bridgehead atoms. The standard InChI is InChI=1S/C13H16N4/c1-10-12(14)16-9-17-13(10)15-8-7-11-5-3-2-4-6-11/h2-6,9H,7-8H2,1H3,(H3,14,15,16,17). The summed E-state index contributed by atoms with van der Waals surface area (Å²) >= 11 is 0. The molecular weight excluding hydrogens is 212 g/mol. The SMILES string of the molecule is Cc1c(N)ncnc1NCCc1ccccc1. The van der Waals surface area contributed by atoms with Gasteiger partial charge in [0.25, 0.3) is 0 Å². The van der Waals surface area contributed by atoms with Gasteiger partial charge in [-0.15, -0.1) is 0 Å². The highest BCUT2D eigenvalue weighted by molar-refractivity contribution is 5.53. The quantitative estimate of drug-likeness (QED) is 0.840. The Kier molecular flexibility index (Phi) is 3.55. The maximum absolute atomic E-state index is 5.71. The Bertz CT molecular complexity index is 482. The molecule has 4 nitrogen and oxygen atoms in total. The Hall–Kier alpha value is -2.10. The average molecular weight is 228 g/mol. The molecule has 0 aliphatic carbocycles. The van der Waals surface area contributed by atoms with E-state index in [9.17, 15) is 0 Å². The van der Waals surface area contributed by atoms with Crippen molar-refractivity contribution in [2.24, 2.45) is 0 Å². The second kappa shape index (κ2) is 5.30. The van der Waals surface area contributed by atoms with Crippen LogP contribution in [0.5, 0.6) is 0 Å². The monoisotopic (exact) mass is 228 g/mol. The predicted octanol–water partition coefficient (Wildman–Crippen LogP) is 2.02. The van der Waals surface area contributed by atoms with Gasteiger partial charge < -0.3 is 11.1 Å².